The average Bonchev–Trinajstić information content (AvgIpc) is 3.36. The number of ether oxygens (including phenoxy) is 2. The number of alkyl halides is 3. The van der Waals surface area contributed by atoms with Crippen molar-refractivity contribution < 1.29 is 41.4 Å². The molecule has 1 saturated heterocycles. The lowest BCUT2D eigenvalue weighted by molar-refractivity contribution is -0.150. The Morgan fingerprint density at radius 1 is 1.14 bits per heavy atom. The van der Waals surface area contributed by atoms with Gasteiger partial charge in [0.15, 0.2) is 12.4 Å². The molecule has 190 valence electrons. The summed E-state index contributed by atoms with van der Waals surface area (Å²) in [6.45, 7) is 4.26. The number of carbonyl (C=O) groups excluding carboxylic acids is 3. The van der Waals surface area contributed by atoms with Crippen LogP contribution >= 0.6 is 0 Å². The van der Waals surface area contributed by atoms with Gasteiger partial charge in [0.25, 0.3) is 11.8 Å². The number of hydrogen-bond acceptors (Lipinski definition) is 7. The molecule has 2 heterocycles. The Kier molecular flexibility index (Phi) is 8.39. The lowest BCUT2D eigenvalue weighted by Crippen LogP contribution is -2.45. The number of rotatable bonds is 8. The van der Waals surface area contributed by atoms with Gasteiger partial charge in [0.05, 0.1) is 36.4 Å². The van der Waals surface area contributed by atoms with Crippen LogP contribution in [0.15, 0.2) is 41.0 Å². The molecule has 3 rings (SSSR count). The summed E-state index contributed by atoms with van der Waals surface area (Å²) in [7, 11) is 0. The Balaban J connectivity index is 1.67. The molecule has 0 spiro atoms. The van der Waals surface area contributed by atoms with Crippen LogP contribution in [0.2, 0.25) is 0 Å². The predicted octanol–water partition coefficient (Wildman–Crippen LogP) is 3.07. The first kappa shape index (κ1) is 26.1. The fraction of sp³-hybridized carbons (Fsp3) is 0.435. The van der Waals surface area contributed by atoms with Crippen LogP contribution in [0.25, 0.3) is 0 Å². The number of morpholine rings is 1. The van der Waals surface area contributed by atoms with E-state index in [2.05, 4.69) is 10.6 Å². The van der Waals surface area contributed by atoms with Crippen LogP contribution in [0, 0.1) is 5.92 Å². The predicted molar refractivity (Wildman–Crippen MR) is 119 cm³/mol. The third-order valence-electron chi connectivity index (χ3n) is 5.25. The Bertz CT molecular complexity index is 1030. The lowest BCUT2D eigenvalue weighted by atomic mass is 10.0. The van der Waals surface area contributed by atoms with Crippen LogP contribution in [0.1, 0.15) is 30.0 Å². The zero-order valence-corrected chi connectivity index (χ0v) is 19.2. The summed E-state index contributed by atoms with van der Waals surface area (Å²) in [4.78, 5) is 39.0. The average molecular weight is 497 g/mol. The molecule has 1 aromatic carbocycles. The van der Waals surface area contributed by atoms with Crippen LogP contribution in [0.3, 0.4) is 0 Å². The van der Waals surface area contributed by atoms with Crippen LogP contribution < -0.4 is 15.5 Å². The van der Waals surface area contributed by atoms with E-state index < -0.39 is 42.2 Å². The topological polar surface area (TPSA) is 110 Å². The fourth-order valence-corrected chi connectivity index (χ4v) is 3.42. The highest BCUT2D eigenvalue weighted by Gasteiger charge is 2.32. The molecule has 2 N–H and O–H groups in total. The second kappa shape index (κ2) is 11.3. The molecule has 12 heteroatoms. The van der Waals surface area contributed by atoms with Crippen molar-refractivity contribution in [2.24, 2.45) is 5.92 Å². The number of nitrogens with one attached hydrogen (secondary N) is 2. The summed E-state index contributed by atoms with van der Waals surface area (Å²) in [5, 5.41) is 4.89. The molecule has 0 radical (unpaired) electrons. The molecule has 1 aromatic heterocycles. The molecule has 0 saturated carbocycles. The minimum Gasteiger partial charge on any atom is -0.459 e. The van der Waals surface area contributed by atoms with Gasteiger partial charge in [-0.2, -0.15) is 13.2 Å². The normalized spacial score (nSPS) is 15.0. The SMILES string of the molecule is CC(C)C(NC(=O)c1ccco1)C(=O)OCC(=O)Nc1cc(C(F)(F)F)ccc1N1CCOCC1. The molecule has 9 nitrogen and oxygen atoms in total. The van der Waals surface area contributed by atoms with Gasteiger partial charge in [0.2, 0.25) is 0 Å². The zero-order valence-electron chi connectivity index (χ0n) is 19.2. The number of halogens is 3. The standard InChI is InChI=1S/C23H26F3N3O6/c1-14(2)20(28-21(31)18-4-3-9-34-18)22(32)35-13-19(30)27-16-12-15(23(24,25)26)5-6-17(16)29-7-10-33-11-8-29/h3-6,9,12,14,20H,7-8,10-11,13H2,1-2H3,(H,27,30)(H,28,31). The second-order valence-corrected chi connectivity index (χ2v) is 8.16. The van der Waals surface area contributed by atoms with Crippen LogP contribution in [-0.2, 0) is 25.2 Å². The van der Waals surface area contributed by atoms with E-state index in [0.29, 0.717) is 32.0 Å². The third kappa shape index (κ3) is 6.98. The minimum atomic E-state index is -4.60. The molecule has 1 unspecified atom stereocenters. The first-order valence-corrected chi connectivity index (χ1v) is 10.9. The van der Waals surface area contributed by atoms with Gasteiger partial charge >= 0.3 is 12.1 Å². The number of hydrogen-bond donors (Lipinski definition) is 2. The summed E-state index contributed by atoms with van der Waals surface area (Å²) in [6.07, 6.45) is -3.30. The van der Waals surface area contributed by atoms with Crippen LogP contribution in [0.4, 0.5) is 24.5 Å². The quantitative estimate of drug-likeness (QED) is 0.540. The maximum absolute atomic E-state index is 13.2. The summed E-state index contributed by atoms with van der Waals surface area (Å²) < 4.78 is 55.1. The maximum Gasteiger partial charge on any atom is 0.416 e. The highest BCUT2D eigenvalue weighted by molar-refractivity contribution is 5.97. The Morgan fingerprint density at radius 2 is 1.86 bits per heavy atom. The van der Waals surface area contributed by atoms with Gasteiger partial charge in [-0.1, -0.05) is 13.8 Å². The second-order valence-electron chi connectivity index (χ2n) is 8.16. The van der Waals surface area contributed by atoms with E-state index in [4.69, 9.17) is 13.9 Å². The Labute approximate surface area is 199 Å². The van der Waals surface area contributed by atoms with Crippen molar-refractivity contribution in [3.05, 3.63) is 47.9 Å². The van der Waals surface area contributed by atoms with Crippen molar-refractivity contribution in [3.8, 4) is 0 Å². The van der Waals surface area contributed by atoms with E-state index in [1.54, 1.807) is 18.7 Å². The van der Waals surface area contributed by atoms with E-state index >= 15 is 0 Å². The molecule has 35 heavy (non-hydrogen) atoms. The van der Waals surface area contributed by atoms with Gasteiger partial charge in [0, 0.05) is 13.1 Å². The number of benzene rings is 1. The van der Waals surface area contributed by atoms with Crippen molar-refractivity contribution in [2.75, 3.05) is 43.1 Å². The van der Waals surface area contributed by atoms with Crippen molar-refractivity contribution in [2.45, 2.75) is 26.1 Å². The first-order valence-electron chi connectivity index (χ1n) is 10.9. The molecule has 0 bridgehead atoms. The molecule has 2 amide bonds. The molecule has 2 aromatic rings. The van der Waals surface area contributed by atoms with Crippen molar-refractivity contribution in [1.82, 2.24) is 5.32 Å². The van der Waals surface area contributed by atoms with Gasteiger partial charge < -0.3 is 29.4 Å². The van der Waals surface area contributed by atoms with Crippen molar-refractivity contribution >= 4 is 29.2 Å². The molecule has 1 atom stereocenters. The molecule has 1 fully saturated rings. The van der Waals surface area contributed by atoms with Gasteiger partial charge in [0.1, 0.15) is 6.04 Å². The number of esters is 1. The number of anilines is 2. The van der Waals surface area contributed by atoms with Gasteiger partial charge in [-0.15, -0.1) is 0 Å². The first-order chi connectivity index (χ1) is 16.6. The molecular formula is C23H26F3N3O6. The van der Waals surface area contributed by atoms with Crippen molar-refractivity contribution in [3.63, 3.8) is 0 Å². The van der Waals surface area contributed by atoms with E-state index in [9.17, 15) is 27.6 Å². The van der Waals surface area contributed by atoms with Gasteiger partial charge in [-0.05, 0) is 36.2 Å². The smallest absolute Gasteiger partial charge is 0.416 e. The van der Waals surface area contributed by atoms with E-state index in [-0.39, 0.29) is 17.4 Å². The maximum atomic E-state index is 13.2. The van der Waals surface area contributed by atoms with Gasteiger partial charge in [-0.25, -0.2) is 4.79 Å². The number of furan rings is 1. The van der Waals surface area contributed by atoms with Crippen molar-refractivity contribution in [1.29, 1.82) is 0 Å². The summed E-state index contributed by atoms with van der Waals surface area (Å²) in [5.41, 5.74) is -0.594. The number of nitrogens with zero attached hydrogens (tertiary/aromatic N) is 1. The fourth-order valence-electron chi connectivity index (χ4n) is 3.42. The summed E-state index contributed by atoms with van der Waals surface area (Å²) in [6, 6.07) is 4.93. The monoisotopic (exact) mass is 497 g/mol. The summed E-state index contributed by atoms with van der Waals surface area (Å²) >= 11 is 0. The third-order valence-corrected chi connectivity index (χ3v) is 5.25. The summed E-state index contributed by atoms with van der Waals surface area (Å²) in [5.74, 6) is -2.70. The lowest BCUT2D eigenvalue weighted by Gasteiger charge is -2.31. The van der Waals surface area contributed by atoms with Crippen LogP contribution in [-0.4, -0.2) is 56.7 Å². The highest BCUT2D eigenvalue weighted by Crippen LogP contribution is 2.35. The molecule has 1 aliphatic rings. The molecule has 0 aliphatic carbocycles. The largest absolute Gasteiger partial charge is 0.459 e. The van der Waals surface area contributed by atoms with Crippen LogP contribution in [0.5, 0.6) is 0 Å². The minimum absolute atomic E-state index is 0.00128. The number of carbonyl (C=O) groups is 3. The zero-order chi connectivity index (χ0) is 25.6. The van der Waals surface area contributed by atoms with E-state index in [1.165, 1.54) is 24.5 Å². The van der Waals surface area contributed by atoms with E-state index in [1.807, 2.05) is 0 Å². The Hall–Kier alpha value is -3.54. The molecule has 1 aliphatic heterocycles. The molecular weight excluding hydrogens is 471 g/mol. The highest BCUT2D eigenvalue weighted by atomic mass is 19.4. The van der Waals surface area contributed by atoms with E-state index in [0.717, 1.165) is 12.1 Å². The van der Waals surface area contributed by atoms with Gasteiger partial charge in [-0.3, -0.25) is 9.59 Å². The number of amides is 2. The Morgan fingerprint density at radius 3 is 2.46 bits per heavy atom.